The molecule has 1 nitrogen and oxygen atoms in total. The second kappa shape index (κ2) is 6.18. The first-order valence-electron chi connectivity index (χ1n) is 5.42. The highest BCUT2D eigenvalue weighted by molar-refractivity contribution is 5.55. The molecule has 15 heavy (non-hydrogen) atoms. The zero-order valence-corrected chi connectivity index (χ0v) is 9.66. The molecular formula is C14H19N. The van der Waals surface area contributed by atoms with Crippen LogP contribution in [0.5, 0.6) is 0 Å². The van der Waals surface area contributed by atoms with Gasteiger partial charge in [-0.05, 0) is 50.3 Å². The van der Waals surface area contributed by atoms with E-state index in [-0.39, 0.29) is 0 Å². The lowest BCUT2D eigenvalue weighted by Crippen LogP contribution is -1.84. The molecule has 0 saturated heterocycles. The molecule has 1 heterocycles. The topological polar surface area (TPSA) is 12.9 Å². The number of aromatic nitrogens is 1. The molecule has 0 amide bonds. The Morgan fingerprint density at radius 2 is 2.33 bits per heavy atom. The molecule has 0 aliphatic rings. The lowest BCUT2D eigenvalue weighted by Gasteiger charge is -2.02. The van der Waals surface area contributed by atoms with Crippen LogP contribution >= 0.6 is 0 Å². The van der Waals surface area contributed by atoms with Gasteiger partial charge in [0, 0.05) is 12.4 Å². The van der Waals surface area contributed by atoms with Crippen LogP contribution in [-0.4, -0.2) is 4.98 Å². The van der Waals surface area contributed by atoms with E-state index in [1.165, 1.54) is 23.1 Å². The Hall–Kier alpha value is -1.37. The first-order valence-corrected chi connectivity index (χ1v) is 5.42. The second-order valence-electron chi connectivity index (χ2n) is 3.90. The second-order valence-corrected chi connectivity index (χ2v) is 3.90. The van der Waals surface area contributed by atoms with Crippen molar-refractivity contribution in [3.05, 3.63) is 47.8 Å². The van der Waals surface area contributed by atoms with Gasteiger partial charge in [0.2, 0.25) is 0 Å². The molecule has 1 aromatic heterocycles. The summed E-state index contributed by atoms with van der Waals surface area (Å²) in [5.74, 6) is 0. The molecule has 0 fully saturated rings. The maximum atomic E-state index is 4.09. The summed E-state index contributed by atoms with van der Waals surface area (Å²) in [4.78, 5) is 4.09. The van der Waals surface area contributed by atoms with Gasteiger partial charge in [-0.25, -0.2) is 0 Å². The van der Waals surface area contributed by atoms with E-state index >= 15 is 0 Å². The summed E-state index contributed by atoms with van der Waals surface area (Å²) in [6.07, 6.45) is 11.4. The molecule has 1 rings (SSSR count). The van der Waals surface area contributed by atoms with Crippen LogP contribution in [0.1, 0.15) is 37.3 Å². The number of unbranched alkanes of at least 4 members (excludes halogenated alkanes) is 1. The third kappa shape index (κ3) is 4.11. The maximum absolute atomic E-state index is 4.09. The third-order valence-electron chi connectivity index (χ3n) is 2.44. The number of hydrogen-bond acceptors (Lipinski definition) is 1. The van der Waals surface area contributed by atoms with E-state index < -0.39 is 0 Å². The molecule has 0 radical (unpaired) electrons. The number of hydrogen-bond donors (Lipinski definition) is 0. The van der Waals surface area contributed by atoms with Crippen molar-refractivity contribution in [2.45, 2.75) is 33.1 Å². The molecule has 0 unspecified atom stereocenters. The predicted octanol–water partition coefficient (Wildman–Crippen LogP) is 4.15. The minimum Gasteiger partial charge on any atom is -0.264 e. The van der Waals surface area contributed by atoms with Crippen molar-refractivity contribution < 1.29 is 0 Å². The molecule has 1 aromatic rings. The fourth-order valence-corrected chi connectivity index (χ4v) is 1.51. The van der Waals surface area contributed by atoms with Crippen LogP contribution in [0.2, 0.25) is 0 Å². The van der Waals surface area contributed by atoms with Crippen molar-refractivity contribution >= 4 is 6.08 Å². The van der Waals surface area contributed by atoms with E-state index in [9.17, 15) is 0 Å². The Morgan fingerprint density at radius 3 is 3.00 bits per heavy atom. The van der Waals surface area contributed by atoms with Gasteiger partial charge in [-0.3, -0.25) is 4.98 Å². The zero-order chi connectivity index (χ0) is 11.1. The summed E-state index contributed by atoms with van der Waals surface area (Å²) in [5.41, 5.74) is 3.94. The van der Waals surface area contributed by atoms with E-state index in [4.69, 9.17) is 0 Å². The summed E-state index contributed by atoms with van der Waals surface area (Å²) in [7, 11) is 0. The average molecular weight is 201 g/mol. The van der Waals surface area contributed by atoms with Crippen LogP contribution in [0, 0.1) is 6.92 Å². The summed E-state index contributed by atoms with van der Waals surface area (Å²) in [5, 5.41) is 0. The van der Waals surface area contributed by atoms with Gasteiger partial charge in [-0.2, -0.15) is 0 Å². The van der Waals surface area contributed by atoms with Gasteiger partial charge < -0.3 is 0 Å². The van der Waals surface area contributed by atoms with Crippen molar-refractivity contribution in [2.24, 2.45) is 0 Å². The van der Waals surface area contributed by atoms with Crippen molar-refractivity contribution in [3.63, 3.8) is 0 Å². The minimum atomic E-state index is 1.10. The molecule has 0 saturated carbocycles. The number of nitrogens with zero attached hydrogens (tertiary/aromatic N) is 1. The van der Waals surface area contributed by atoms with Crippen LogP contribution in [0.4, 0.5) is 0 Å². The molecule has 0 spiro atoms. The predicted molar refractivity (Wildman–Crippen MR) is 66.7 cm³/mol. The maximum Gasteiger partial charge on any atom is 0.0303 e. The van der Waals surface area contributed by atoms with Gasteiger partial charge in [-0.1, -0.05) is 17.7 Å². The van der Waals surface area contributed by atoms with Gasteiger partial charge in [0.05, 0.1) is 0 Å². The number of aryl methyl sites for hydroxylation is 1. The summed E-state index contributed by atoms with van der Waals surface area (Å²) >= 11 is 0. The smallest absolute Gasteiger partial charge is 0.0303 e. The molecule has 0 aliphatic heterocycles. The Balaban J connectivity index is 2.62. The van der Waals surface area contributed by atoms with Crippen molar-refractivity contribution in [2.75, 3.05) is 0 Å². The molecule has 0 atom stereocenters. The van der Waals surface area contributed by atoms with E-state index in [0.29, 0.717) is 0 Å². The molecule has 1 heteroatoms. The van der Waals surface area contributed by atoms with Crippen molar-refractivity contribution in [1.29, 1.82) is 0 Å². The lowest BCUT2D eigenvalue weighted by atomic mass is 10.0. The first kappa shape index (κ1) is 11.7. The Morgan fingerprint density at radius 1 is 1.53 bits per heavy atom. The molecule has 0 N–H and O–H groups in total. The highest BCUT2D eigenvalue weighted by Crippen LogP contribution is 2.14. The Labute approximate surface area is 92.6 Å². The SMILES string of the molecule is C=CCCC/C(C)=C/c1ccncc1C. The van der Waals surface area contributed by atoms with E-state index in [1.807, 2.05) is 18.5 Å². The van der Waals surface area contributed by atoms with Gasteiger partial charge in [-0.15, -0.1) is 6.58 Å². The van der Waals surface area contributed by atoms with Crippen molar-refractivity contribution in [3.8, 4) is 0 Å². The molecule has 0 aromatic carbocycles. The molecule has 0 aliphatic carbocycles. The third-order valence-corrected chi connectivity index (χ3v) is 2.44. The molecular weight excluding hydrogens is 182 g/mol. The van der Waals surface area contributed by atoms with Gasteiger partial charge in [0.1, 0.15) is 0 Å². The fourth-order valence-electron chi connectivity index (χ4n) is 1.51. The lowest BCUT2D eigenvalue weighted by molar-refractivity contribution is 0.837. The van der Waals surface area contributed by atoms with Crippen molar-refractivity contribution in [1.82, 2.24) is 4.98 Å². The van der Waals surface area contributed by atoms with Gasteiger partial charge in [0.25, 0.3) is 0 Å². The van der Waals surface area contributed by atoms with Crippen LogP contribution in [0.15, 0.2) is 36.7 Å². The number of allylic oxidation sites excluding steroid dienone is 2. The molecule has 0 bridgehead atoms. The van der Waals surface area contributed by atoms with E-state index in [0.717, 1.165) is 12.8 Å². The summed E-state index contributed by atoms with van der Waals surface area (Å²) < 4.78 is 0. The standard InChI is InChI=1S/C14H19N/c1-4-5-6-7-12(2)10-14-8-9-15-11-13(14)3/h4,8-11H,1,5-7H2,2-3H3/b12-10+. The van der Waals surface area contributed by atoms with Gasteiger partial charge in [0.15, 0.2) is 0 Å². The minimum absolute atomic E-state index is 1.10. The van der Waals surface area contributed by atoms with E-state index in [2.05, 4.69) is 37.6 Å². The van der Waals surface area contributed by atoms with Crippen LogP contribution in [0.3, 0.4) is 0 Å². The normalized spacial score (nSPS) is 11.5. The summed E-state index contributed by atoms with van der Waals surface area (Å²) in [6.45, 7) is 8.00. The van der Waals surface area contributed by atoms with Crippen LogP contribution < -0.4 is 0 Å². The Kier molecular flexibility index (Phi) is 4.82. The van der Waals surface area contributed by atoms with Gasteiger partial charge >= 0.3 is 0 Å². The van der Waals surface area contributed by atoms with Crippen LogP contribution in [-0.2, 0) is 0 Å². The zero-order valence-electron chi connectivity index (χ0n) is 9.66. The highest BCUT2D eigenvalue weighted by atomic mass is 14.6. The average Bonchev–Trinajstić information content (AvgIpc) is 2.22. The summed E-state index contributed by atoms with van der Waals surface area (Å²) in [6, 6.07) is 2.06. The quantitative estimate of drug-likeness (QED) is 0.515. The first-order chi connectivity index (χ1) is 7.24. The van der Waals surface area contributed by atoms with Crippen LogP contribution in [0.25, 0.3) is 6.08 Å². The molecule has 80 valence electrons. The monoisotopic (exact) mass is 201 g/mol. The highest BCUT2D eigenvalue weighted by Gasteiger charge is 1.95. The Bertz CT molecular complexity index is 350. The largest absolute Gasteiger partial charge is 0.264 e. The van der Waals surface area contributed by atoms with E-state index in [1.54, 1.807) is 0 Å². The number of pyridine rings is 1. The fraction of sp³-hybridized carbons (Fsp3) is 0.357. The number of rotatable bonds is 5.